The zero-order valence-electron chi connectivity index (χ0n) is 6.05. The highest BCUT2D eigenvalue weighted by Gasteiger charge is 2.05. The second-order valence-corrected chi connectivity index (χ2v) is 3.55. The van der Waals surface area contributed by atoms with Gasteiger partial charge in [-0.25, -0.2) is 0 Å². The summed E-state index contributed by atoms with van der Waals surface area (Å²) in [6.45, 7) is 0. The minimum absolute atomic E-state index is 0.0755. The molecular formula is C7H6BrClN2O. The topological polar surface area (TPSA) is 56.0 Å². The van der Waals surface area contributed by atoms with Gasteiger partial charge in [0.25, 0.3) is 0 Å². The van der Waals surface area contributed by atoms with Crippen molar-refractivity contribution in [1.29, 1.82) is 0 Å². The van der Waals surface area contributed by atoms with Crippen molar-refractivity contribution < 1.29 is 4.79 Å². The molecule has 2 N–H and O–H groups in total. The molecule has 5 heteroatoms. The first kappa shape index (κ1) is 9.48. The maximum atomic E-state index is 10.5. The molecule has 12 heavy (non-hydrogen) atoms. The van der Waals surface area contributed by atoms with E-state index >= 15 is 0 Å². The minimum Gasteiger partial charge on any atom is -0.369 e. The number of nitrogens with two attached hydrogens (primary N) is 1. The lowest BCUT2D eigenvalue weighted by Gasteiger charge is -1.99. The van der Waals surface area contributed by atoms with Crippen LogP contribution in [0.15, 0.2) is 16.7 Å². The molecule has 0 fully saturated rings. The fourth-order valence-electron chi connectivity index (χ4n) is 0.738. The molecule has 0 aliphatic carbocycles. The molecule has 0 atom stereocenters. The molecule has 1 heterocycles. The van der Waals surface area contributed by atoms with Crippen LogP contribution in [0.3, 0.4) is 0 Å². The van der Waals surface area contributed by atoms with E-state index < -0.39 is 5.91 Å². The number of hydrogen-bond donors (Lipinski definition) is 1. The highest BCUT2D eigenvalue weighted by atomic mass is 79.9. The summed E-state index contributed by atoms with van der Waals surface area (Å²) in [4.78, 5) is 14.5. The summed E-state index contributed by atoms with van der Waals surface area (Å²) in [6.07, 6.45) is 1.65. The van der Waals surface area contributed by atoms with Gasteiger partial charge in [0.1, 0.15) is 0 Å². The van der Waals surface area contributed by atoms with Crippen LogP contribution in [-0.2, 0) is 11.2 Å². The fourth-order valence-corrected chi connectivity index (χ4v) is 1.43. The van der Waals surface area contributed by atoms with E-state index in [1.807, 2.05) is 0 Å². The van der Waals surface area contributed by atoms with Crippen LogP contribution < -0.4 is 5.73 Å². The summed E-state index contributed by atoms with van der Waals surface area (Å²) in [5.41, 5.74) is 5.49. The van der Waals surface area contributed by atoms with Gasteiger partial charge in [-0.15, -0.1) is 0 Å². The van der Waals surface area contributed by atoms with Crippen LogP contribution in [0.4, 0.5) is 0 Å². The quantitative estimate of drug-likeness (QED) is 0.864. The number of amides is 1. The Labute approximate surface area is 83.1 Å². The lowest BCUT2D eigenvalue weighted by atomic mass is 10.2. The number of nitrogens with zero attached hydrogens (tertiary/aromatic N) is 1. The lowest BCUT2D eigenvalue weighted by Crippen LogP contribution is -2.14. The van der Waals surface area contributed by atoms with E-state index in [4.69, 9.17) is 17.3 Å². The number of primary amides is 1. The van der Waals surface area contributed by atoms with Gasteiger partial charge in [-0.05, 0) is 22.0 Å². The van der Waals surface area contributed by atoms with E-state index in [1.54, 1.807) is 12.3 Å². The summed E-state index contributed by atoms with van der Waals surface area (Å²) in [6, 6.07) is 1.67. The second kappa shape index (κ2) is 3.87. The van der Waals surface area contributed by atoms with Gasteiger partial charge in [0.2, 0.25) is 5.91 Å². The number of rotatable bonds is 2. The Morgan fingerprint density at radius 2 is 2.42 bits per heavy atom. The number of pyridine rings is 1. The standard InChI is InChI=1S/C7H6BrClN2O/c8-4-1-5(9)6(11-3-4)2-7(10)12/h1,3H,2H2,(H2,10,12). The van der Waals surface area contributed by atoms with E-state index in [-0.39, 0.29) is 6.42 Å². The van der Waals surface area contributed by atoms with Gasteiger partial charge >= 0.3 is 0 Å². The zero-order chi connectivity index (χ0) is 9.14. The molecule has 0 spiro atoms. The Morgan fingerprint density at radius 1 is 1.75 bits per heavy atom. The first-order valence-corrected chi connectivity index (χ1v) is 4.35. The van der Waals surface area contributed by atoms with Gasteiger partial charge < -0.3 is 5.73 Å². The largest absolute Gasteiger partial charge is 0.369 e. The van der Waals surface area contributed by atoms with Crippen molar-refractivity contribution in [3.63, 3.8) is 0 Å². The highest BCUT2D eigenvalue weighted by molar-refractivity contribution is 9.10. The van der Waals surface area contributed by atoms with E-state index in [0.717, 1.165) is 4.47 Å². The molecule has 3 nitrogen and oxygen atoms in total. The van der Waals surface area contributed by atoms with Gasteiger partial charge in [0.05, 0.1) is 17.1 Å². The molecule has 0 radical (unpaired) electrons. The molecule has 1 aromatic rings. The fraction of sp³-hybridized carbons (Fsp3) is 0.143. The molecule has 0 aliphatic rings. The van der Waals surface area contributed by atoms with Crippen molar-refractivity contribution >= 4 is 33.4 Å². The van der Waals surface area contributed by atoms with Crippen LogP contribution in [0.1, 0.15) is 5.69 Å². The molecule has 0 bridgehead atoms. The Balaban J connectivity index is 2.93. The van der Waals surface area contributed by atoms with Crippen LogP contribution in [0.25, 0.3) is 0 Å². The number of aromatic nitrogens is 1. The summed E-state index contributed by atoms with van der Waals surface area (Å²) in [5.74, 6) is -0.438. The van der Waals surface area contributed by atoms with Crippen molar-refractivity contribution in [3.8, 4) is 0 Å². The number of carbonyl (C=O) groups excluding carboxylic acids is 1. The van der Waals surface area contributed by atoms with Crippen LogP contribution in [-0.4, -0.2) is 10.9 Å². The average molecular weight is 249 g/mol. The van der Waals surface area contributed by atoms with Gasteiger partial charge in [-0.3, -0.25) is 9.78 Å². The van der Waals surface area contributed by atoms with Crippen LogP contribution in [0.5, 0.6) is 0 Å². The van der Waals surface area contributed by atoms with Crippen LogP contribution in [0.2, 0.25) is 5.02 Å². The predicted octanol–water partition coefficient (Wildman–Crippen LogP) is 1.53. The molecule has 1 rings (SSSR count). The summed E-state index contributed by atoms with van der Waals surface area (Å²) >= 11 is 8.97. The van der Waals surface area contributed by atoms with Gasteiger partial charge in [-0.1, -0.05) is 11.6 Å². The first-order valence-electron chi connectivity index (χ1n) is 3.18. The Hall–Kier alpha value is -0.610. The maximum Gasteiger partial charge on any atom is 0.223 e. The SMILES string of the molecule is NC(=O)Cc1ncc(Br)cc1Cl. The third kappa shape index (κ3) is 2.46. The van der Waals surface area contributed by atoms with Gasteiger partial charge in [0, 0.05) is 10.7 Å². The monoisotopic (exact) mass is 248 g/mol. The maximum absolute atomic E-state index is 10.5. The third-order valence-electron chi connectivity index (χ3n) is 1.23. The van der Waals surface area contributed by atoms with Crippen LogP contribution >= 0.6 is 27.5 Å². The van der Waals surface area contributed by atoms with Gasteiger partial charge in [0.15, 0.2) is 0 Å². The molecular weight excluding hydrogens is 243 g/mol. The van der Waals surface area contributed by atoms with E-state index in [2.05, 4.69) is 20.9 Å². The zero-order valence-corrected chi connectivity index (χ0v) is 8.39. The molecule has 0 saturated carbocycles. The van der Waals surface area contributed by atoms with E-state index in [1.165, 1.54) is 0 Å². The molecule has 0 aromatic carbocycles. The van der Waals surface area contributed by atoms with Crippen molar-refractivity contribution in [1.82, 2.24) is 4.98 Å². The normalized spacial score (nSPS) is 9.83. The average Bonchev–Trinajstić information content (AvgIpc) is 1.94. The van der Waals surface area contributed by atoms with Crippen molar-refractivity contribution in [2.24, 2.45) is 5.73 Å². The lowest BCUT2D eigenvalue weighted by molar-refractivity contribution is -0.117. The Morgan fingerprint density at radius 3 is 2.92 bits per heavy atom. The van der Waals surface area contributed by atoms with Crippen LogP contribution in [0, 0.1) is 0 Å². The minimum atomic E-state index is -0.438. The predicted molar refractivity (Wildman–Crippen MR) is 49.8 cm³/mol. The summed E-state index contributed by atoms with van der Waals surface area (Å²) in [5, 5.41) is 0.447. The molecule has 0 unspecified atom stereocenters. The third-order valence-corrected chi connectivity index (χ3v) is 1.99. The molecule has 1 amide bonds. The van der Waals surface area contributed by atoms with Crippen molar-refractivity contribution in [3.05, 3.63) is 27.5 Å². The van der Waals surface area contributed by atoms with Gasteiger partial charge in [-0.2, -0.15) is 0 Å². The smallest absolute Gasteiger partial charge is 0.223 e. The Bertz CT molecular complexity index is 316. The first-order chi connectivity index (χ1) is 5.59. The van der Waals surface area contributed by atoms with E-state index in [0.29, 0.717) is 10.7 Å². The molecule has 0 aliphatic heterocycles. The summed E-state index contributed by atoms with van der Waals surface area (Å²) < 4.78 is 0.778. The molecule has 0 saturated heterocycles. The second-order valence-electron chi connectivity index (χ2n) is 2.23. The molecule has 64 valence electrons. The Kier molecular flexibility index (Phi) is 3.05. The highest BCUT2D eigenvalue weighted by Crippen LogP contribution is 2.18. The molecule has 1 aromatic heterocycles. The van der Waals surface area contributed by atoms with Crippen molar-refractivity contribution in [2.45, 2.75) is 6.42 Å². The number of hydrogen-bond acceptors (Lipinski definition) is 2. The number of halogens is 2. The van der Waals surface area contributed by atoms with Crippen molar-refractivity contribution in [2.75, 3.05) is 0 Å². The number of carbonyl (C=O) groups is 1. The summed E-state index contributed by atoms with van der Waals surface area (Å²) in [7, 11) is 0. The van der Waals surface area contributed by atoms with E-state index in [9.17, 15) is 4.79 Å².